The predicted octanol–water partition coefficient (Wildman–Crippen LogP) is 3.32. The van der Waals surface area contributed by atoms with Gasteiger partial charge in [0.15, 0.2) is 0 Å². The van der Waals surface area contributed by atoms with Crippen LogP contribution in [0.3, 0.4) is 0 Å². The van der Waals surface area contributed by atoms with Crippen LogP contribution in [0, 0.1) is 18.3 Å². The Labute approximate surface area is 83.3 Å². The number of benzene rings is 1. The van der Waals surface area contributed by atoms with E-state index in [9.17, 15) is 0 Å². The molecule has 0 N–H and O–H groups in total. The monoisotopic (exact) mass is 190 g/mol. The number of halogens is 1. The smallest absolute Gasteiger partial charge is 0.101 e. The minimum absolute atomic E-state index is 0.0187. The number of nitrogens with zero attached hydrogens (tertiary/aromatic N) is 1. The first kappa shape index (κ1) is 9.83. The van der Waals surface area contributed by atoms with E-state index >= 15 is 0 Å². The zero-order valence-electron chi connectivity index (χ0n) is 7.13. The van der Waals surface area contributed by atoms with Gasteiger partial charge in [-0.15, -0.1) is 6.58 Å². The Hall–Kier alpha value is -1.26. The first-order chi connectivity index (χ1) is 6.19. The normalized spacial score (nSPS) is 11.8. The fourth-order valence-electron chi connectivity index (χ4n) is 0.989. The second-order valence-corrected chi connectivity index (χ2v) is 3.10. The number of allylic oxidation sites excluding steroid dienone is 1. The van der Waals surface area contributed by atoms with Crippen LogP contribution in [0.4, 0.5) is 0 Å². The lowest BCUT2D eigenvalue weighted by Gasteiger charge is -2.06. The van der Waals surface area contributed by atoms with Gasteiger partial charge in [0.1, 0.15) is 6.07 Å². The van der Waals surface area contributed by atoms with Crippen molar-refractivity contribution in [2.75, 3.05) is 0 Å². The average Bonchev–Trinajstić information content (AvgIpc) is 2.16. The van der Waals surface area contributed by atoms with Crippen molar-refractivity contribution in [1.29, 1.82) is 5.26 Å². The molecule has 0 saturated heterocycles. The van der Waals surface area contributed by atoms with Crippen molar-refractivity contribution in [2.24, 2.45) is 0 Å². The molecule has 1 unspecified atom stereocenters. The largest absolute Gasteiger partial charge is 0.192 e. The highest BCUT2D eigenvalue weighted by molar-refractivity contribution is 6.31. The Kier molecular flexibility index (Phi) is 3.11. The van der Waals surface area contributed by atoms with Gasteiger partial charge in [-0.2, -0.15) is 5.26 Å². The highest BCUT2D eigenvalue weighted by atomic mass is 35.5. The molecule has 1 aromatic rings. The molecule has 0 fully saturated rings. The van der Waals surface area contributed by atoms with Gasteiger partial charge >= 0.3 is 0 Å². The van der Waals surface area contributed by atoms with E-state index in [4.69, 9.17) is 16.9 Å². The molecular formula is C11H9ClN. The van der Waals surface area contributed by atoms with E-state index in [2.05, 4.69) is 13.5 Å². The Morgan fingerprint density at radius 1 is 1.54 bits per heavy atom. The van der Waals surface area contributed by atoms with Gasteiger partial charge in [-0.05, 0) is 24.6 Å². The van der Waals surface area contributed by atoms with E-state index < -0.39 is 0 Å². The molecule has 0 saturated carbocycles. The van der Waals surface area contributed by atoms with Crippen molar-refractivity contribution in [1.82, 2.24) is 0 Å². The first-order valence-corrected chi connectivity index (χ1v) is 4.22. The second kappa shape index (κ2) is 4.11. The Bertz CT molecular complexity index is 363. The third-order valence-corrected chi connectivity index (χ3v) is 2.14. The van der Waals surface area contributed by atoms with Crippen LogP contribution in [-0.4, -0.2) is 0 Å². The quantitative estimate of drug-likeness (QED) is 0.657. The first-order valence-electron chi connectivity index (χ1n) is 3.84. The van der Waals surface area contributed by atoms with Crippen molar-refractivity contribution in [2.45, 2.75) is 5.92 Å². The zero-order chi connectivity index (χ0) is 9.84. The third kappa shape index (κ3) is 2.11. The fraction of sp³-hybridized carbons (Fsp3) is 0.0909. The molecule has 0 heterocycles. The van der Waals surface area contributed by atoms with Crippen LogP contribution in [-0.2, 0) is 0 Å². The summed E-state index contributed by atoms with van der Waals surface area (Å²) in [6.07, 6.45) is 1.73. The molecule has 0 bridgehead atoms. The predicted molar refractivity (Wildman–Crippen MR) is 54.5 cm³/mol. The molecule has 1 aromatic carbocycles. The van der Waals surface area contributed by atoms with Crippen LogP contribution in [0.1, 0.15) is 17.0 Å². The summed E-state index contributed by atoms with van der Waals surface area (Å²) in [5.41, 5.74) is 1.46. The van der Waals surface area contributed by atoms with Gasteiger partial charge in [0.2, 0.25) is 0 Å². The van der Waals surface area contributed by atoms with Crippen molar-refractivity contribution in [3.8, 4) is 6.07 Å². The van der Waals surface area contributed by atoms with Crippen LogP contribution in [0.5, 0.6) is 0 Å². The summed E-state index contributed by atoms with van der Waals surface area (Å²) >= 11 is 5.85. The van der Waals surface area contributed by atoms with Gasteiger partial charge < -0.3 is 0 Å². The van der Waals surface area contributed by atoms with Gasteiger partial charge in [0, 0.05) is 5.92 Å². The molecule has 0 amide bonds. The van der Waals surface area contributed by atoms with E-state index in [1.807, 2.05) is 12.1 Å². The van der Waals surface area contributed by atoms with Gasteiger partial charge in [-0.25, -0.2) is 0 Å². The van der Waals surface area contributed by atoms with Gasteiger partial charge in [-0.1, -0.05) is 23.7 Å². The molecule has 65 valence electrons. The molecule has 0 aromatic heterocycles. The number of hydrogen-bond acceptors (Lipinski definition) is 1. The van der Waals surface area contributed by atoms with Gasteiger partial charge in [-0.3, -0.25) is 0 Å². The molecule has 0 aliphatic carbocycles. The van der Waals surface area contributed by atoms with Crippen molar-refractivity contribution < 1.29 is 0 Å². The van der Waals surface area contributed by atoms with Crippen molar-refractivity contribution in [3.63, 3.8) is 0 Å². The van der Waals surface area contributed by atoms with Crippen LogP contribution < -0.4 is 0 Å². The SMILES string of the molecule is [CH2]C(C=C)c1ccc(C#N)c(Cl)c1. The van der Waals surface area contributed by atoms with E-state index in [1.165, 1.54) is 0 Å². The molecule has 2 heteroatoms. The topological polar surface area (TPSA) is 23.8 Å². The zero-order valence-corrected chi connectivity index (χ0v) is 7.88. The fourth-order valence-corrected chi connectivity index (χ4v) is 1.22. The number of rotatable bonds is 2. The molecule has 1 radical (unpaired) electrons. The third-order valence-electron chi connectivity index (χ3n) is 1.83. The Morgan fingerprint density at radius 2 is 2.23 bits per heavy atom. The Morgan fingerprint density at radius 3 is 2.69 bits per heavy atom. The molecular weight excluding hydrogens is 182 g/mol. The molecule has 1 atom stereocenters. The van der Waals surface area contributed by atoms with E-state index in [0.717, 1.165) is 5.56 Å². The van der Waals surface area contributed by atoms with Crippen LogP contribution in [0.25, 0.3) is 0 Å². The molecule has 1 rings (SSSR count). The molecule has 0 aliphatic heterocycles. The molecule has 0 aliphatic rings. The summed E-state index contributed by atoms with van der Waals surface area (Å²) in [7, 11) is 0. The van der Waals surface area contributed by atoms with Crippen LogP contribution in [0.15, 0.2) is 30.9 Å². The maximum absolute atomic E-state index is 8.63. The van der Waals surface area contributed by atoms with Crippen molar-refractivity contribution in [3.05, 3.63) is 53.9 Å². The maximum atomic E-state index is 8.63. The van der Waals surface area contributed by atoms with Crippen molar-refractivity contribution >= 4 is 11.6 Å². The lowest BCUT2D eigenvalue weighted by molar-refractivity contribution is 1.08. The van der Waals surface area contributed by atoms with E-state index in [0.29, 0.717) is 10.6 Å². The minimum Gasteiger partial charge on any atom is -0.192 e. The van der Waals surface area contributed by atoms with E-state index in [1.54, 1.807) is 18.2 Å². The summed E-state index contributed by atoms with van der Waals surface area (Å²) in [5.74, 6) is 0.0187. The molecule has 13 heavy (non-hydrogen) atoms. The van der Waals surface area contributed by atoms with Crippen LogP contribution in [0.2, 0.25) is 5.02 Å². The Balaban J connectivity index is 3.11. The van der Waals surface area contributed by atoms with Gasteiger partial charge in [0.25, 0.3) is 0 Å². The lowest BCUT2D eigenvalue weighted by atomic mass is 10.0. The van der Waals surface area contributed by atoms with E-state index in [-0.39, 0.29) is 5.92 Å². The standard InChI is InChI=1S/C11H9ClN/c1-3-8(2)9-4-5-10(7-13)11(12)6-9/h3-6,8H,1-2H2. The minimum atomic E-state index is 0.0187. The number of nitriles is 1. The second-order valence-electron chi connectivity index (χ2n) is 2.69. The maximum Gasteiger partial charge on any atom is 0.101 e. The summed E-state index contributed by atoms with van der Waals surface area (Å²) in [6, 6.07) is 7.28. The molecule has 1 nitrogen and oxygen atoms in total. The highest BCUT2D eigenvalue weighted by Gasteiger charge is 2.04. The average molecular weight is 191 g/mol. The summed E-state index contributed by atoms with van der Waals surface area (Å²) in [4.78, 5) is 0. The summed E-state index contributed by atoms with van der Waals surface area (Å²) in [5, 5.41) is 9.10. The summed E-state index contributed by atoms with van der Waals surface area (Å²) < 4.78 is 0. The number of hydrogen-bond donors (Lipinski definition) is 0. The summed E-state index contributed by atoms with van der Waals surface area (Å²) in [6.45, 7) is 7.50. The van der Waals surface area contributed by atoms with Crippen LogP contribution >= 0.6 is 11.6 Å². The molecule has 0 spiro atoms. The lowest BCUT2D eigenvalue weighted by Crippen LogP contribution is -1.89. The van der Waals surface area contributed by atoms with Gasteiger partial charge in [0.05, 0.1) is 10.6 Å². The highest BCUT2D eigenvalue weighted by Crippen LogP contribution is 2.22.